The third-order valence-corrected chi connectivity index (χ3v) is 10.5. The second-order valence-corrected chi connectivity index (χ2v) is 13.5. The molecule has 0 aliphatic rings. The van der Waals surface area contributed by atoms with Gasteiger partial charge in [0.25, 0.3) is 0 Å². The smallest absolute Gasteiger partial charge is 0.223 e. The van der Waals surface area contributed by atoms with E-state index >= 15 is 0 Å². The Morgan fingerprint density at radius 2 is 1.48 bits per heavy atom. The molecule has 6 aromatic rings. The Morgan fingerprint density at radius 3 is 2.15 bits per heavy atom. The number of aryl methyl sites for hydroxylation is 3. The van der Waals surface area contributed by atoms with Gasteiger partial charge >= 0.3 is 0 Å². The molecule has 253 valence electrons. The van der Waals surface area contributed by atoms with E-state index in [9.17, 15) is 9.90 Å². The number of allylic oxidation sites excluding steroid dienone is 2. The molecule has 0 saturated carbocycles. The Bertz CT molecular complexity index is 2130. The van der Waals surface area contributed by atoms with Crippen LogP contribution in [0.2, 0.25) is 0 Å². The van der Waals surface area contributed by atoms with Gasteiger partial charge in [-0.3, -0.25) is 9.78 Å². The maximum Gasteiger partial charge on any atom is 0.223 e. The molecule has 0 atom stereocenters. The first-order chi connectivity index (χ1) is 22.4. The van der Waals surface area contributed by atoms with E-state index in [1.54, 1.807) is 6.33 Å². The van der Waals surface area contributed by atoms with Gasteiger partial charge in [-0.15, -0.1) is 29.1 Å². The number of benzene rings is 4. The first kappa shape index (κ1) is 37.0. The fourth-order valence-electron chi connectivity index (χ4n) is 6.41. The molecule has 6 heteroatoms. The first-order valence-electron chi connectivity index (χ1n) is 16.8. The van der Waals surface area contributed by atoms with Crippen molar-refractivity contribution in [3.05, 3.63) is 95.5 Å². The van der Waals surface area contributed by atoms with Crippen molar-refractivity contribution in [2.45, 2.75) is 88.0 Å². The number of aliphatic hydroxyl groups is 1. The minimum absolute atomic E-state index is 0. The number of nitrogens with zero attached hydrogens (tertiary/aromatic N) is 2. The number of aromatic nitrogens is 2. The standard InChI is InChI=1S/C27H19N2O.C15H28O2.Ir/c1-15-10-16(2)23-17(3)12-20(13-19(23)11-15)25-24-22-9-8-18-6-4-5-7-21(18)26(22)30-27(24)29-14-28-25;1-7-14(5,8-2)12(16)11-13(17)15(6,9-3)10-4;/h4-12,14H,1-3H3;11,16H,7-10H2,1-6H3;/q-1;;/b;12-11-;. The van der Waals surface area contributed by atoms with Crippen LogP contribution in [0.1, 0.15) is 83.9 Å². The van der Waals surface area contributed by atoms with Crippen molar-refractivity contribution in [1.29, 1.82) is 0 Å². The fourth-order valence-corrected chi connectivity index (χ4v) is 6.41. The van der Waals surface area contributed by atoms with Crippen molar-refractivity contribution in [3.8, 4) is 11.3 Å². The van der Waals surface area contributed by atoms with E-state index in [0.29, 0.717) is 5.71 Å². The van der Waals surface area contributed by atoms with Gasteiger partial charge in [0.1, 0.15) is 17.7 Å². The normalized spacial score (nSPS) is 12.3. The molecule has 5 nitrogen and oxygen atoms in total. The third kappa shape index (κ3) is 6.84. The summed E-state index contributed by atoms with van der Waals surface area (Å²) in [5.41, 5.74) is 6.42. The summed E-state index contributed by atoms with van der Waals surface area (Å²) >= 11 is 0. The molecule has 6 rings (SSSR count). The Balaban J connectivity index is 0.000000251. The molecule has 1 N–H and O–H groups in total. The van der Waals surface area contributed by atoms with Crippen LogP contribution in [0.3, 0.4) is 0 Å². The van der Waals surface area contributed by atoms with Crippen LogP contribution in [-0.4, -0.2) is 20.9 Å². The van der Waals surface area contributed by atoms with Gasteiger partial charge in [-0.25, -0.2) is 4.98 Å². The van der Waals surface area contributed by atoms with Gasteiger partial charge in [0.2, 0.25) is 5.71 Å². The Labute approximate surface area is 298 Å². The van der Waals surface area contributed by atoms with Crippen LogP contribution in [0.4, 0.5) is 0 Å². The van der Waals surface area contributed by atoms with E-state index in [0.717, 1.165) is 69.5 Å². The molecule has 0 aliphatic carbocycles. The zero-order valence-electron chi connectivity index (χ0n) is 29.7. The summed E-state index contributed by atoms with van der Waals surface area (Å²) in [5.74, 6) is 0.286. The predicted octanol–water partition coefficient (Wildman–Crippen LogP) is 11.7. The maximum atomic E-state index is 12.2. The molecular formula is C42H47IrN2O3-. The number of rotatable bonds is 8. The molecule has 0 fully saturated rings. The molecule has 48 heavy (non-hydrogen) atoms. The topological polar surface area (TPSA) is 76.2 Å². The second kappa shape index (κ2) is 14.7. The summed E-state index contributed by atoms with van der Waals surface area (Å²) < 4.78 is 6.22. The maximum absolute atomic E-state index is 12.2. The molecule has 0 aliphatic heterocycles. The van der Waals surface area contributed by atoms with Gasteiger partial charge in [-0.1, -0.05) is 113 Å². The largest absolute Gasteiger partial charge is 0.512 e. The first-order valence-corrected chi connectivity index (χ1v) is 16.8. The molecular weight excluding hydrogens is 773 g/mol. The molecule has 0 saturated heterocycles. The molecule has 2 aromatic heterocycles. The van der Waals surface area contributed by atoms with Gasteiger partial charge in [-0.05, 0) is 44.9 Å². The van der Waals surface area contributed by atoms with E-state index in [1.165, 1.54) is 28.2 Å². The molecule has 0 amide bonds. The third-order valence-electron chi connectivity index (χ3n) is 10.5. The second-order valence-electron chi connectivity index (χ2n) is 13.5. The number of carbonyl (C=O) groups is 1. The van der Waals surface area contributed by atoms with E-state index in [2.05, 4.69) is 79.3 Å². The molecule has 4 aromatic carbocycles. The SMILES string of the molecule is CCC(C)(CC)C(=O)/C=C(\O)C(C)(CC)CC.Cc1cc(C)c2c(C)cc(-c3ncnc4oc5c6ccccc6ccc5c34)[c-]c2c1.[Ir]. The van der Waals surface area contributed by atoms with E-state index < -0.39 is 0 Å². The zero-order valence-corrected chi connectivity index (χ0v) is 32.1. The minimum Gasteiger partial charge on any atom is -0.512 e. The molecule has 0 unspecified atom stereocenters. The zero-order chi connectivity index (χ0) is 34.1. The quantitative estimate of drug-likeness (QED) is 0.0940. The minimum atomic E-state index is -0.337. The summed E-state index contributed by atoms with van der Waals surface area (Å²) in [6.45, 7) is 18.5. The van der Waals surface area contributed by atoms with E-state index in [4.69, 9.17) is 4.42 Å². The summed E-state index contributed by atoms with van der Waals surface area (Å²) in [7, 11) is 0. The van der Waals surface area contributed by atoms with Crippen LogP contribution >= 0.6 is 0 Å². The Hall–Kier alpha value is -3.86. The van der Waals surface area contributed by atoms with Gasteiger partial charge in [0, 0.05) is 58.9 Å². The van der Waals surface area contributed by atoms with Crippen molar-refractivity contribution in [2.75, 3.05) is 0 Å². The molecule has 0 spiro atoms. The summed E-state index contributed by atoms with van der Waals surface area (Å²) in [4.78, 5) is 21.3. The number of hydrogen-bond donors (Lipinski definition) is 1. The van der Waals surface area contributed by atoms with Crippen LogP contribution in [-0.2, 0) is 24.9 Å². The average Bonchev–Trinajstić information content (AvgIpc) is 3.46. The monoisotopic (exact) mass is 820 g/mol. The molecule has 1 radical (unpaired) electrons. The van der Waals surface area contributed by atoms with Crippen molar-refractivity contribution in [2.24, 2.45) is 10.8 Å². The summed E-state index contributed by atoms with van der Waals surface area (Å²) in [6.07, 6.45) is 6.33. The number of hydrogen-bond acceptors (Lipinski definition) is 5. The van der Waals surface area contributed by atoms with Crippen LogP contribution < -0.4 is 0 Å². The van der Waals surface area contributed by atoms with Crippen molar-refractivity contribution < 1.29 is 34.4 Å². The van der Waals surface area contributed by atoms with E-state index in [-0.39, 0.29) is 42.5 Å². The molecule has 2 heterocycles. The van der Waals surface area contributed by atoms with Crippen molar-refractivity contribution >= 4 is 49.4 Å². The average molecular weight is 820 g/mol. The van der Waals surface area contributed by atoms with E-state index in [1.807, 2.05) is 53.7 Å². The number of carbonyl (C=O) groups excluding carboxylic acids is 1. The van der Waals surface area contributed by atoms with Gasteiger partial charge in [0.05, 0.1) is 0 Å². The fraction of sp³-hybridized carbons (Fsp3) is 0.357. The summed E-state index contributed by atoms with van der Waals surface area (Å²) in [5, 5.41) is 16.7. The molecule has 0 bridgehead atoms. The number of fused-ring (bicyclic) bond motifs is 6. The van der Waals surface area contributed by atoms with Gasteiger partial charge in [0.15, 0.2) is 5.78 Å². The van der Waals surface area contributed by atoms with Crippen LogP contribution in [0.25, 0.3) is 54.9 Å². The van der Waals surface area contributed by atoms with Crippen molar-refractivity contribution in [3.63, 3.8) is 0 Å². The van der Waals surface area contributed by atoms with Gasteiger partial charge in [-0.2, -0.15) is 0 Å². The van der Waals surface area contributed by atoms with Crippen LogP contribution in [0.15, 0.2) is 77.2 Å². The Morgan fingerprint density at radius 1 is 0.833 bits per heavy atom. The van der Waals surface area contributed by atoms with Crippen LogP contribution in [0, 0.1) is 37.7 Å². The number of furan rings is 1. The predicted molar refractivity (Wildman–Crippen MR) is 196 cm³/mol. The van der Waals surface area contributed by atoms with Crippen molar-refractivity contribution in [1.82, 2.24) is 9.97 Å². The van der Waals surface area contributed by atoms with Gasteiger partial charge < -0.3 is 9.52 Å². The number of ketones is 1. The summed E-state index contributed by atoms with van der Waals surface area (Å²) in [6, 6.07) is 22.7. The number of aliphatic hydroxyl groups excluding tert-OH is 1. The van der Waals surface area contributed by atoms with Crippen LogP contribution in [0.5, 0.6) is 0 Å². The Kier molecular flexibility index (Phi) is 11.3.